The highest BCUT2D eigenvalue weighted by molar-refractivity contribution is 5.89. The topological polar surface area (TPSA) is 65.5 Å². The van der Waals surface area contributed by atoms with Gasteiger partial charge in [-0.3, -0.25) is 9.78 Å². The van der Waals surface area contributed by atoms with Crippen molar-refractivity contribution in [1.29, 1.82) is 0 Å². The summed E-state index contributed by atoms with van der Waals surface area (Å²) in [6.07, 6.45) is 6.35. The Hall–Kier alpha value is -2.18. The lowest BCUT2D eigenvalue weighted by molar-refractivity contribution is -0.130. The summed E-state index contributed by atoms with van der Waals surface area (Å²) in [6.45, 7) is 2.76. The first kappa shape index (κ1) is 15.7. The van der Waals surface area contributed by atoms with Crippen LogP contribution >= 0.6 is 0 Å². The van der Waals surface area contributed by atoms with E-state index in [0.717, 1.165) is 31.9 Å². The fourth-order valence-electron chi connectivity index (χ4n) is 3.10. The maximum atomic E-state index is 13.6. The fraction of sp³-hybridized carbons (Fsp3) is 0.562. The van der Waals surface area contributed by atoms with Crippen LogP contribution in [0.2, 0.25) is 0 Å². The number of aromatic nitrogens is 1. The highest BCUT2D eigenvalue weighted by Gasteiger charge is 2.36. The lowest BCUT2D eigenvalue weighted by Crippen LogP contribution is -2.46. The Morgan fingerprint density at radius 3 is 2.87 bits per heavy atom. The van der Waals surface area contributed by atoms with Crippen LogP contribution in [0.15, 0.2) is 18.5 Å². The molecule has 7 heteroatoms. The van der Waals surface area contributed by atoms with Crippen LogP contribution in [0.5, 0.6) is 0 Å². The number of carbonyl (C=O) groups excluding carboxylic acids is 2. The van der Waals surface area contributed by atoms with E-state index in [1.165, 1.54) is 12.3 Å². The van der Waals surface area contributed by atoms with Gasteiger partial charge in [0.05, 0.1) is 17.9 Å². The minimum atomic E-state index is -0.556. The molecule has 23 heavy (non-hydrogen) atoms. The van der Waals surface area contributed by atoms with E-state index in [0.29, 0.717) is 19.1 Å². The van der Waals surface area contributed by atoms with Gasteiger partial charge >= 0.3 is 6.03 Å². The molecule has 1 N–H and O–H groups in total. The normalized spacial score (nSPS) is 20.4. The van der Waals surface area contributed by atoms with Crippen molar-refractivity contribution in [2.75, 3.05) is 18.4 Å². The number of nitrogens with one attached hydrogen (secondary N) is 1. The number of likely N-dealkylation sites (tertiary alicyclic amines) is 1. The molecule has 1 aromatic heterocycles. The zero-order valence-corrected chi connectivity index (χ0v) is 13.2. The quantitative estimate of drug-likeness (QED) is 0.925. The molecule has 3 rings (SSSR count). The van der Waals surface area contributed by atoms with Gasteiger partial charge in [-0.05, 0) is 31.7 Å². The van der Waals surface area contributed by atoms with E-state index in [9.17, 15) is 14.0 Å². The van der Waals surface area contributed by atoms with Crippen LogP contribution in [0.25, 0.3) is 0 Å². The molecule has 1 aromatic rings. The molecule has 1 atom stereocenters. The number of nitrogens with zero attached hydrogens (tertiary/aromatic N) is 3. The fourth-order valence-corrected chi connectivity index (χ4v) is 3.10. The second-order valence-electron chi connectivity index (χ2n) is 6.18. The summed E-state index contributed by atoms with van der Waals surface area (Å²) < 4.78 is 13.6. The molecule has 2 heterocycles. The molecule has 124 valence electrons. The zero-order valence-electron chi connectivity index (χ0n) is 13.2. The third-order valence-corrected chi connectivity index (χ3v) is 4.45. The third-order valence-electron chi connectivity index (χ3n) is 4.45. The molecule has 0 unspecified atom stereocenters. The van der Waals surface area contributed by atoms with Crippen LogP contribution in [0, 0.1) is 5.82 Å². The number of hydrogen-bond acceptors (Lipinski definition) is 3. The van der Waals surface area contributed by atoms with E-state index < -0.39 is 5.82 Å². The van der Waals surface area contributed by atoms with Gasteiger partial charge in [-0.2, -0.15) is 0 Å². The van der Waals surface area contributed by atoms with Gasteiger partial charge in [0, 0.05) is 32.3 Å². The molecule has 0 radical (unpaired) electrons. The van der Waals surface area contributed by atoms with Gasteiger partial charge in [-0.25, -0.2) is 9.18 Å². The summed E-state index contributed by atoms with van der Waals surface area (Å²) in [6, 6.07) is 1.43. The Morgan fingerprint density at radius 2 is 2.22 bits per heavy atom. The molecule has 3 amide bonds. The Morgan fingerprint density at radius 1 is 1.43 bits per heavy atom. The van der Waals surface area contributed by atoms with Crippen molar-refractivity contribution in [3.63, 3.8) is 0 Å². The second kappa shape index (κ2) is 6.52. The maximum absolute atomic E-state index is 13.6. The van der Waals surface area contributed by atoms with Crippen molar-refractivity contribution < 1.29 is 14.0 Å². The van der Waals surface area contributed by atoms with Gasteiger partial charge in [0.25, 0.3) is 0 Å². The second-order valence-corrected chi connectivity index (χ2v) is 6.18. The molecule has 0 bridgehead atoms. The van der Waals surface area contributed by atoms with Gasteiger partial charge in [-0.1, -0.05) is 0 Å². The summed E-state index contributed by atoms with van der Waals surface area (Å²) in [7, 11) is 0. The molecule has 2 aliphatic rings. The number of pyridine rings is 1. The summed E-state index contributed by atoms with van der Waals surface area (Å²) in [5.41, 5.74) is 0.126. The van der Waals surface area contributed by atoms with E-state index in [1.807, 2.05) is 4.90 Å². The number of hydrogen-bond donors (Lipinski definition) is 1. The summed E-state index contributed by atoms with van der Waals surface area (Å²) in [4.78, 5) is 31.5. The Kier molecular flexibility index (Phi) is 4.45. The Labute approximate surface area is 134 Å². The number of carbonyl (C=O) groups is 2. The van der Waals surface area contributed by atoms with Crippen LogP contribution in [-0.2, 0) is 4.79 Å². The van der Waals surface area contributed by atoms with Gasteiger partial charge < -0.3 is 15.1 Å². The van der Waals surface area contributed by atoms with Crippen LogP contribution < -0.4 is 5.32 Å². The largest absolute Gasteiger partial charge is 0.338 e. The molecular weight excluding hydrogens is 299 g/mol. The molecular formula is C16H21FN4O2. The molecule has 1 saturated carbocycles. The summed E-state index contributed by atoms with van der Waals surface area (Å²) in [5, 5.41) is 2.60. The Bertz CT molecular complexity index is 605. The predicted molar refractivity (Wildman–Crippen MR) is 83.4 cm³/mol. The van der Waals surface area contributed by atoms with Crippen molar-refractivity contribution in [1.82, 2.24) is 14.8 Å². The summed E-state index contributed by atoms with van der Waals surface area (Å²) in [5.74, 6) is -0.500. The molecule has 1 saturated heterocycles. The number of rotatable bonds is 4. The van der Waals surface area contributed by atoms with Gasteiger partial charge in [0.1, 0.15) is 0 Å². The average molecular weight is 320 g/mol. The molecule has 6 nitrogen and oxygen atoms in total. The monoisotopic (exact) mass is 320 g/mol. The van der Waals surface area contributed by atoms with E-state index >= 15 is 0 Å². The number of amides is 3. The Balaban J connectivity index is 1.65. The van der Waals surface area contributed by atoms with Crippen molar-refractivity contribution in [2.45, 2.75) is 44.7 Å². The van der Waals surface area contributed by atoms with Crippen LogP contribution in [0.4, 0.5) is 14.9 Å². The van der Waals surface area contributed by atoms with Crippen LogP contribution in [0.1, 0.15) is 32.6 Å². The summed E-state index contributed by atoms with van der Waals surface area (Å²) >= 11 is 0. The lowest BCUT2D eigenvalue weighted by atomic mass is 10.2. The standard InChI is InChI=1S/C16H21FN4O2/c1-11(22)21(12-4-5-12)10-13-3-2-8-20(13)16(23)19-15-6-7-18-9-14(15)17/h6-7,9,12-13H,2-5,8,10H2,1H3,(H,18,19,23)/t13-/m0/s1. The molecule has 0 spiro atoms. The van der Waals surface area contributed by atoms with E-state index in [2.05, 4.69) is 10.3 Å². The maximum Gasteiger partial charge on any atom is 0.322 e. The number of urea groups is 1. The van der Waals surface area contributed by atoms with Crippen molar-refractivity contribution in [3.05, 3.63) is 24.3 Å². The van der Waals surface area contributed by atoms with Crippen LogP contribution in [0.3, 0.4) is 0 Å². The van der Waals surface area contributed by atoms with E-state index in [-0.39, 0.29) is 23.7 Å². The highest BCUT2D eigenvalue weighted by atomic mass is 19.1. The third kappa shape index (κ3) is 3.60. The van der Waals surface area contributed by atoms with E-state index in [4.69, 9.17) is 0 Å². The number of halogens is 1. The SMILES string of the molecule is CC(=O)N(C[C@@H]1CCCN1C(=O)Nc1ccncc1F)C1CC1. The highest BCUT2D eigenvalue weighted by Crippen LogP contribution is 2.29. The molecule has 2 fully saturated rings. The van der Waals surface area contributed by atoms with Gasteiger partial charge in [0.15, 0.2) is 5.82 Å². The lowest BCUT2D eigenvalue weighted by Gasteiger charge is -2.30. The smallest absolute Gasteiger partial charge is 0.322 e. The first-order valence-corrected chi connectivity index (χ1v) is 8.00. The van der Waals surface area contributed by atoms with Crippen LogP contribution in [-0.4, -0.2) is 51.9 Å². The first-order valence-electron chi connectivity index (χ1n) is 8.00. The minimum absolute atomic E-state index is 0.00982. The molecule has 0 aromatic carbocycles. The molecule has 1 aliphatic carbocycles. The van der Waals surface area contributed by atoms with Crippen molar-refractivity contribution in [2.24, 2.45) is 0 Å². The number of anilines is 1. The van der Waals surface area contributed by atoms with Crippen molar-refractivity contribution in [3.8, 4) is 0 Å². The van der Waals surface area contributed by atoms with Gasteiger partial charge in [-0.15, -0.1) is 0 Å². The average Bonchev–Trinajstić information content (AvgIpc) is 3.24. The van der Waals surface area contributed by atoms with Gasteiger partial charge in [0.2, 0.25) is 5.91 Å². The molecule has 1 aliphatic heterocycles. The minimum Gasteiger partial charge on any atom is -0.338 e. The van der Waals surface area contributed by atoms with Crippen molar-refractivity contribution >= 4 is 17.6 Å². The first-order chi connectivity index (χ1) is 11.1. The zero-order chi connectivity index (χ0) is 16.4. The van der Waals surface area contributed by atoms with E-state index in [1.54, 1.807) is 11.8 Å². The predicted octanol–water partition coefficient (Wildman–Crippen LogP) is 2.23.